The Morgan fingerprint density at radius 3 is 3.00 bits per heavy atom. The topological polar surface area (TPSA) is 15.3 Å². The Morgan fingerprint density at radius 2 is 2.26 bits per heavy atom. The Bertz CT molecular complexity index is 462. The Morgan fingerprint density at radius 1 is 1.47 bits per heavy atom. The van der Waals surface area contributed by atoms with Crippen molar-refractivity contribution in [3.8, 4) is 0 Å². The van der Waals surface area contributed by atoms with Crippen molar-refractivity contribution in [2.75, 3.05) is 25.0 Å². The molecule has 1 heterocycles. The number of fused-ring (bicyclic) bond motifs is 1. The number of hydrogen-bond acceptors (Lipinski definition) is 2. The van der Waals surface area contributed by atoms with Crippen LogP contribution in [0.1, 0.15) is 38.3 Å². The van der Waals surface area contributed by atoms with Gasteiger partial charge >= 0.3 is 0 Å². The molecule has 104 valence electrons. The molecule has 1 atom stereocenters. The number of likely N-dealkylation sites (N-methyl/N-ethyl adjacent to an activating group) is 1. The minimum Gasteiger partial charge on any atom is -0.374 e. The molecule has 1 N–H and O–H groups in total. The summed E-state index contributed by atoms with van der Waals surface area (Å²) in [7, 11) is 2.19. The molecule has 2 heteroatoms. The molecule has 0 amide bonds. The van der Waals surface area contributed by atoms with Crippen molar-refractivity contribution < 1.29 is 0 Å². The first-order chi connectivity index (χ1) is 9.11. The molecule has 1 aliphatic rings. The van der Waals surface area contributed by atoms with Gasteiger partial charge < -0.3 is 10.2 Å². The van der Waals surface area contributed by atoms with Crippen molar-refractivity contribution in [2.45, 2.75) is 39.7 Å². The van der Waals surface area contributed by atoms with Crippen LogP contribution in [0.2, 0.25) is 0 Å². The van der Waals surface area contributed by atoms with Crippen molar-refractivity contribution in [3.63, 3.8) is 0 Å². The van der Waals surface area contributed by atoms with Gasteiger partial charge in [-0.2, -0.15) is 0 Å². The van der Waals surface area contributed by atoms with E-state index in [4.69, 9.17) is 0 Å². The second-order valence-corrected chi connectivity index (χ2v) is 5.58. The second kappa shape index (κ2) is 6.25. The van der Waals surface area contributed by atoms with Crippen LogP contribution < -0.4 is 10.2 Å². The van der Waals surface area contributed by atoms with Crippen molar-refractivity contribution in [1.82, 2.24) is 5.32 Å². The van der Waals surface area contributed by atoms with Crippen LogP contribution in [0.3, 0.4) is 0 Å². The van der Waals surface area contributed by atoms with Gasteiger partial charge in [-0.3, -0.25) is 0 Å². The molecular weight excluding hydrogens is 232 g/mol. The molecule has 0 saturated heterocycles. The molecule has 1 aliphatic heterocycles. The van der Waals surface area contributed by atoms with Crippen LogP contribution in [0.5, 0.6) is 0 Å². The molecule has 2 nitrogen and oxygen atoms in total. The van der Waals surface area contributed by atoms with Crippen LogP contribution in [0, 0.1) is 0 Å². The van der Waals surface area contributed by atoms with E-state index in [0.717, 1.165) is 6.54 Å². The molecule has 1 unspecified atom stereocenters. The number of rotatable bonds is 4. The van der Waals surface area contributed by atoms with Crippen LogP contribution in [-0.2, 0) is 6.42 Å². The monoisotopic (exact) mass is 258 g/mol. The molecule has 1 aromatic rings. The van der Waals surface area contributed by atoms with Gasteiger partial charge in [0, 0.05) is 25.3 Å². The third-order valence-electron chi connectivity index (χ3n) is 4.04. The van der Waals surface area contributed by atoms with E-state index in [-0.39, 0.29) is 0 Å². The summed E-state index contributed by atoms with van der Waals surface area (Å²) in [6, 6.07) is 7.31. The summed E-state index contributed by atoms with van der Waals surface area (Å²) in [5, 5.41) is 3.46. The van der Waals surface area contributed by atoms with Gasteiger partial charge in [0.2, 0.25) is 0 Å². The minimum atomic E-state index is 0.448. The fourth-order valence-corrected chi connectivity index (χ4v) is 2.75. The predicted octanol–water partition coefficient (Wildman–Crippen LogP) is 3.47. The van der Waals surface area contributed by atoms with E-state index >= 15 is 0 Å². The van der Waals surface area contributed by atoms with Gasteiger partial charge in [0.15, 0.2) is 0 Å². The molecule has 0 fully saturated rings. The zero-order chi connectivity index (χ0) is 13.8. The molecular formula is C17H26N2. The van der Waals surface area contributed by atoms with Gasteiger partial charge in [-0.15, -0.1) is 0 Å². The van der Waals surface area contributed by atoms with Crippen LogP contribution in [0.25, 0.3) is 6.08 Å². The first kappa shape index (κ1) is 14.1. The van der Waals surface area contributed by atoms with Crippen molar-refractivity contribution in [1.29, 1.82) is 0 Å². The lowest BCUT2D eigenvalue weighted by molar-refractivity contribution is 0.636. The maximum absolute atomic E-state index is 3.46. The summed E-state index contributed by atoms with van der Waals surface area (Å²) in [5.41, 5.74) is 5.62. The average Bonchev–Trinajstić information content (AvgIpc) is 2.39. The summed E-state index contributed by atoms with van der Waals surface area (Å²) in [4.78, 5) is 2.36. The summed E-state index contributed by atoms with van der Waals surface area (Å²) in [6.07, 6.45) is 4.79. The summed E-state index contributed by atoms with van der Waals surface area (Å²) >= 11 is 0. The van der Waals surface area contributed by atoms with Gasteiger partial charge in [-0.1, -0.05) is 24.6 Å². The van der Waals surface area contributed by atoms with Gasteiger partial charge in [0.05, 0.1) is 0 Å². The largest absolute Gasteiger partial charge is 0.374 e. The highest BCUT2D eigenvalue weighted by Gasteiger charge is 2.13. The van der Waals surface area contributed by atoms with E-state index in [2.05, 4.69) is 62.3 Å². The fraction of sp³-hybridized carbons (Fsp3) is 0.529. The quantitative estimate of drug-likeness (QED) is 0.889. The van der Waals surface area contributed by atoms with Gasteiger partial charge in [-0.25, -0.2) is 0 Å². The Labute approximate surface area is 117 Å². The van der Waals surface area contributed by atoms with Gasteiger partial charge in [-0.05, 0) is 56.5 Å². The van der Waals surface area contributed by atoms with Crippen LogP contribution in [0.15, 0.2) is 23.8 Å². The fourth-order valence-electron chi connectivity index (χ4n) is 2.75. The highest BCUT2D eigenvalue weighted by atomic mass is 15.1. The normalized spacial score (nSPS) is 17.3. The van der Waals surface area contributed by atoms with Gasteiger partial charge in [0.1, 0.15) is 0 Å². The highest BCUT2D eigenvalue weighted by Crippen LogP contribution is 2.27. The van der Waals surface area contributed by atoms with Crippen LogP contribution in [-0.4, -0.2) is 26.2 Å². The smallest absolute Gasteiger partial charge is 0.0396 e. The van der Waals surface area contributed by atoms with Crippen LogP contribution >= 0.6 is 0 Å². The lowest BCUT2D eigenvalue weighted by Gasteiger charge is -2.27. The maximum atomic E-state index is 3.46. The Kier molecular flexibility index (Phi) is 4.65. The Hall–Kier alpha value is -1.28. The number of nitrogens with one attached hydrogen (secondary N) is 1. The van der Waals surface area contributed by atoms with Crippen molar-refractivity contribution in [2.24, 2.45) is 0 Å². The van der Waals surface area contributed by atoms with E-state index in [9.17, 15) is 0 Å². The summed E-state index contributed by atoms with van der Waals surface area (Å²) < 4.78 is 0. The van der Waals surface area contributed by atoms with E-state index in [1.165, 1.54) is 41.8 Å². The SMILES string of the molecule is CCNC(C)/C(C)=C/c1ccc2c(c1)CCCN2C. The Balaban J connectivity index is 2.20. The summed E-state index contributed by atoms with van der Waals surface area (Å²) in [5.74, 6) is 0. The molecule has 0 radical (unpaired) electrons. The summed E-state index contributed by atoms with van der Waals surface area (Å²) in [6.45, 7) is 8.78. The molecule has 0 aromatic heterocycles. The maximum Gasteiger partial charge on any atom is 0.0396 e. The first-order valence-corrected chi connectivity index (χ1v) is 7.37. The molecule has 0 spiro atoms. The molecule has 0 aliphatic carbocycles. The standard InChI is InChI=1S/C17H26N2/c1-5-18-14(3)13(2)11-15-8-9-17-16(12-15)7-6-10-19(17)4/h8-9,11-12,14,18H,5-7,10H2,1-4H3/b13-11+. The third kappa shape index (κ3) is 3.38. The average molecular weight is 258 g/mol. The molecule has 19 heavy (non-hydrogen) atoms. The van der Waals surface area contributed by atoms with Crippen molar-refractivity contribution >= 4 is 11.8 Å². The molecule has 1 aromatic carbocycles. The second-order valence-electron chi connectivity index (χ2n) is 5.58. The number of benzene rings is 1. The zero-order valence-electron chi connectivity index (χ0n) is 12.7. The highest BCUT2D eigenvalue weighted by molar-refractivity contribution is 5.63. The minimum absolute atomic E-state index is 0.448. The van der Waals surface area contributed by atoms with Gasteiger partial charge in [0.25, 0.3) is 0 Å². The lowest BCUT2D eigenvalue weighted by Crippen LogP contribution is -2.26. The van der Waals surface area contributed by atoms with E-state index in [1.807, 2.05) is 0 Å². The van der Waals surface area contributed by atoms with E-state index in [0.29, 0.717) is 6.04 Å². The molecule has 0 bridgehead atoms. The van der Waals surface area contributed by atoms with Crippen molar-refractivity contribution in [3.05, 3.63) is 34.9 Å². The van der Waals surface area contributed by atoms with E-state index < -0.39 is 0 Å². The number of anilines is 1. The zero-order valence-corrected chi connectivity index (χ0v) is 12.7. The lowest BCUT2D eigenvalue weighted by atomic mass is 9.98. The number of hydrogen-bond donors (Lipinski definition) is 1. The number of nitrogens with zero attached hydrogens (tertiary/aromatic N) is 1. The van der Waals surface area contributed by atoms with E-state index in [1.54, 1.807) is 0 Å². The molecule has 2 rings (SSSR count). The first-order valence-electron chi connectivity index (χ1n) is 7.37. The van der Waals surface area contributed by atoms with Crippen LogP contribution in [0.4, 0.5) is 5.69 Å². The third-order valence-corrected chi connectivity index (χ3v) is 4.04. The molecule has 0 saturated carbocycles. The number of aryl methyl sites for hydroxylation is 1. The predicted molar refractivity (Wildman–Crippen MR) is 84.8 cm³/mol.